The fraction of sp³-hybridized carbons (Fsp3) is 0.118. The molecule has 0 unspecified atom stereocenters. The number of aromatic nitrogens is 3. The minimum atomic E-state index is 0.692. The number of anilines is 1. The Bertz CT molecular complexity index is 757. The maximum atomic E-state index is 4.61. The first-order valence-electron chi connectivity index (χ1n) is 7.26. The molecule has 0 fully saturated rings. The molecule has 1 aromatic carbocycles. The summed E-state index contributed by atoms with van der Waals surface area (Å²) in [4.78, 5) is 13.2. The second-order valence-corrected chi connectivity index (χ2v) is 5.30. The van der Waals surface area contributed by atoms with Crippen molar-refractivity contribution in [2.45, 2.75) is 13.5 Å². The van der Waals surface area contributed by atoms with Gasteiger partial charge in [0, 0.05) is 36.3 Å². The van der Waals surface area contributed by atoms with Crippen molar-refractivity contribution < 1.29 is 0 Å². The van der Waals surface area contributed by atoms with Crippen molar-refractivity contribution in [1.29, 1.82) is 0 Å². The van der Waals surface area contributed by atoms with Crippen molar-refractivity contribution in [2.75, 3.05) is 5.32 Å². The van der Waals surface area contributed by atoms with E-state index >= 15 is 0 Å². The number of nitrogens with one attached hydrogen (secondary N) is 1. The van der Waals surface area contributed by atoms with Crippen LogP contribution in [-0.4, -0.2) is 22.8 Å². The molecule has 1 N–H and O–H groups in total. The molecule has 3 aromatic rings. The van der Waals surface area contributed by atoms with Crippen LogP contribution in [0.5, 0.6) is 0 Å². The Morgan fingerprint density at radius 3 is 2.64 bits per heavy atom. The molecule has 0 saturated heterocycles. The summed E-state index contributed by atoms with van der Waals surface area (Å²) < 4.78 is 0. The Morgan fingerprint density at radius 2 is 1.91 bits per heavy atom. The number of pyridine rings is 1. The molecule has 0 saturated carbocycles. The molecule has 0 atom stereocenters. The van der Waals surface area contributed by atoms with Gasteiger partial charge in [0.1, 0.15) is 13.7 Å². The van der Waals surface area contributed by atoms with E-state index in [1.807, 2.05) is 31.3 Å². The first kappa shape index (κ1) is 14.3. The van der Waals surface area contributed by atoms with E-state index in [1.165, 1.54) is 5.46 Å². The standard InChI is InChI=1S/C17H17BN4/c1-12-9-16(20-11-13-3-2-8-19-10-13)22-17(21-12)14-4-6-15(18)7-5-14/h2-10H,11,18H2,1H3,(H,20,21,22). The predicted molar refractivity (Wildman–Crippen MR) is 91.9 cm³/mol. The quantitative estimate of drug-likeness (QED) is 0.743. The lowest BCUT2D eigenvalue weighted by atomic mass is 9.95. The van der Waals surface area contributed by atoms with Crippen molar-refractivity contribution >= 4 is 19.1 Å². The highest BCUT2D eigenvalue weighted by atomic mass is 15.0. The van der Waals surface area contributed by atoms with Gasteiger partial charge in [0.2, 0.25) is 0 Å². The number of rotatable bonds is 4. The Morgan fingerprint density at radius 1 is 1.09 bits per heavy atom. The molecular weight excluding hydrogens is 271 g/mol. The number of benzene rings is 1. The lowest BCUT2D eigenvalue weighted by molar-refractivity contribution is 1.05. The average Bonchev–Trinajstić information content (AvgIpc) is 2.54. The summed E-state index contributed by atoms with van der Waals surface area (Å²) in [6.45, 7) is 2.67. The summed E-state index contributed by atoms with van der Waals surface area (Å²) in [6, 6.07) is 14.2. The molecule has 0 amide bonds. The van der Waals surface area contributed by atoms with E-state index in [0.717, 1.165) is 28.5 Å². The lowest BCUT2D eigenvalue weighted by Gasteiger charge is -2.09. The zero-order valence-electron chi connectivity index (χ0n) is 12.7. The van der Waals surface area contributed by atoms with Crippen molar-refractivity contribution in [3.05, 3.63) is 66.1 Å². The monoisotopic (exact) mass is 288 g/mol. The van der Waals surface area contributed by atoms with Gasteiger partial charge in [-0.3, -0.25) is 4.98 Å². The molecule has 108 valence electrons. The molecular formula is C17H17BN4. The van der Waals surface area contributed by atoms with Crippen molar-refractivity contribution in [3.63, 3.8) is 0 Å². The number of aryl methyl sites for hydroxylation is 1. The Balaban J connectivity index is 1.82. The number of hydrogen-bond donors (Lipinski definition) is 1. The molecule has 0 aliphatic rings. The molecule has 4 nitrogen and oxygen atoms in total. The lowest BCUT2D eigenvalue weighted by Crippen LogP contribution is -2.05. The fourth-order valence-corrected chi connectivity index (χ4v) is 2.19. The molecule has 0 aliphatic heterocycles. The normalized spacial score (nSPS) is 10.4. The van der Waals surface area contributed by atoms with Crippen molar-refractivity contribution in [1.82, 2.24) is 15.0 Å². The summed E-state index contributed by atoms with van der Waals surface area (Å²) >= 11 is 0. The van der Waals surface area contributed by atoms with E-state index in [1.54, 1.807) is 6.20 Å². The SMILES string of the molecule is Bc1ccc(-c2nc(C)cc(NCc3cccnc3)n2)cc1. The van der Waals surface area contributed by atoms with Crippen molar-refractivity contribution in [2.24, 2.45) is 0 Å². The van der Waals surface area contributed by atoms with Crippen LogP contribution in [0.4, 0.5) is 5.82 Å². The van der Waals surface area contributed by atoms with Gasteiger partial charge in [-0.05, 0) is 18.6 Å². The summed E-state index contributed by atoms with van der Waals surface area (Å²) in [5, 5.41) is 3.33. The first-order valence-corrected chi connectivity index (χ1v) is 7.26. The first-order chi connectivity index (χ1) is 10.7. The van der Waals surface area contributed by atoms with E-state index in [-0.39, 0.29) is 0 Å². The molecule has 3 rings (SSSR count). The van der Waals surface area contributed by atoms with Crippen LogP contribution in [0.15, 0.2) is 54.9 Å². The van der Waals surface area contributed by atoms with E-state index in [2.05, 4.69) is 52.4 Å². The Labute approximate surface area is 131 Å². The van der Waals surface area contributed by atoms with Crippen LogP contribution in [0, 0.1) is 6.92 Å². The average molecular weight is 288 g/mol. The predicted octanol–water partition coefficient (Wildman–Crippen LogP) is 1.72. The van der Waals surface area contributed by atoms with Gasteiger partial charge in [-0.2, -0.15) is 0 Å². The molecule has 5 heteroatoms. The number of hydrogen-bond acceptors (Lipinski definition) is 4. The largest absolute Gasteiger partial charge is 0.366 e. The third kappa shape index (κ3) is 3.49. The summed E-state index contributed by atoms with van der Waals surface area (Å²) in [5.41, 5.74) is 4.32. The summed E-state index contributed by atoms with van der Waals surface area (Å²) in [7, 11) is 2.07. The smallest absolute Gasteiger partial charge is 0.161 e. The van der Waals surface area contributed by atoms with Gasteiger partial charge < -0.3 is 5.32 Å². The van der Waals surface area contributed by atoms with Crippen molar-refractivity contribution in [3.8, 4) is 11.4 Å². The maximum Gasteiger partial charge on any atom is 0.161 e. The third-order valence-electron chi connectivity index (χ3n) is 3.36. The highest BCUT2D eigenvalue weighted by Gasteiger charge is 2.05. The minimum absolute atomic E-state index is 0.692. The van der Waals surface area contributed by atoms with Crippen LogP contribution in [0.1, 0.15) is 11.3 Å². The molecule has 0 bridgehead atoms. The molecule has 0 aliphatic carbocycles. The van der Waals surface area contributed by atoms with Crippen LogP contribution >= 0.6 is 0 Å². The number of nitrogens with zero attached hydrogens (tertiary/aromatic N) is 3. The Hall–Kier alpha value is -2.69. The van der Waals surface area contributed by atoms with Gasteiger partial charge in [0.05, 0.1) is 0 Å². The molecule has 0 radical (unpaired) electrons. The van der Waals surface area contributed by atoms with Gasteiger partial charge in [0.15, 0.2) is 5.82 Å². The van der Waals surface area contributed by atoms with Gasteiger partial charge in [-0.15, -0.1) is 0 Å². The highest BCUT2D eigenvalue weighted by molar-refractivity contribution is 6.32. The molecule has 0 spiro atoms. The van der Waals surface area contributed by atoms with Crippen LogP contribution in [0.25, 0.3) is 11.4 Å². The van der Waals surface area contributed by atoms with Crippen LogP contribution in [0.2, 0.25) is 0 Å². The second-order valence-electron chi connectivity index (χ2n) is 5.30. The van der Waals surface area contributed by atoms with Crippen LogP contribution in [0.3, 0.4) is 0 Å². The second kappa shape index (κ2) is 6.39. The maximum absolute atomic E-state index is 4.61. The zero-order valence-corrected chi connectivity index (χ0v) is 12.7. The van der Waals surface area contributed by atoms with Gasteiger partial charge in [0.25, 0.3) is 0 Å². The van der Waals surface area contributed by atoms with Gasteiger partial charge in [-0.1, -0.05) is 35.8 Å². The van der Waals surface area contributed by atoms with E-state index < -0.39 is 0 Å². The summed E-state index contributed by atoms with van der Waals surface area (Å²) in [5.74, 6) is 1.57. The third-order valence-corrected chi connectivity index (χ3v) is 3.36. The van der Waals surface area contributed by atoms with E-state index in [4.69, 9.17) is 0 Å². The minimum Gasteiger partial charge on any atom is -0.366 e. The molecule has 22 heavy (non-hydrogen) atoms. The zero-order chi connectivity index (χ0) is 15.4. The fourth-order valence-electron chi connectivity index (χ4n) is 2.19. The molecule has 2 heterocycles. The van der Waals surface area contributed by atoms with Crippen LogP contribution < -0.4 is 10.8 Å². The Kier molecular flexibility index (Phi) is 4.14. The highest BCUT2D eigenvalue weighted by Crippen LogP contribution is 2.17. The molecule has 2 aromatic heterocycles. The van der Waals surface area contributed by atoms with Gasteiger partial charge >= 0.3 is 0 Å². The van der Waals surface area contributed by atoms with Gasteiger partial charge in [-0.25, -0.2) is 9.97 Å². The topological polar surface area (TPSA) is 50.7 Å². The van der Waals surface area contributed by atoms with E-state index in [0.29, 0.717) is 6.54 Å². The van der Waals surface area contributed by atoms with Crippen LogP contribution in [-0.2, 0) is 6.54 Å². The summed E-state index contributed by atoms with van der Waals surface area (Å²) in [6.07, 6.45) is 3.62. The van der Waals surface area contributed by atoms with E-state index in [9.17, 15) is 0 Å².